The Kier molecular flexibility index (Phi) is 4.93. The van der Waals surface area contributed by atoms with E-state index in [0.29, 0.717) is 0 Å². The first-order chi connectivity index (χ1) is 7.24. The summed E-state index contributed by atoms with van der Waals surface area (Å²) in [5, 5.41) is 3.78. The van der Waals surface area contributed by atoms with Crippen molar-refractivity contribution in [3.8, 4) is 0 Å². The number of aldehydes is 1. The zero-order valence-electron chi connectivity index (χ0n) is 8.17. The number of rotatable bonds is 2. The maximum atomic E-state index is 10.5. The van der Waals surface area contributed by atoms with Crippen LogP contribution in [0.1, 0.15) is 26.3 Å². The van der Waals surface area contributed by atoms with Gasteiger partial charge >= 0.3 is 0 Å². The molecular formula is C11H10O2S2. The van der Waals surface area contributed by atoms with Crippen molar-refractivity contribution in [1.82, 2.24) is 0 Å². The molecule has 2 aromatic heterocycles. The molecule has 15 heavy (non-hydrogen) atoms. The fourth-order valence-corrected chi connectivity index (χ4v) is 1.99. The molecule has 4 heteroatoms. The third-order valence-electron chi connectivity index (χ3n) is 1.53. The van der Waals surface area contributed by atoms with Crippen LogP contribution in [0.3, 0.4) is 0 Å². The van der Waals surface area contributed by atoms with Gasteiger partial charge in [0.2, 0.25) is 0 Å². The van der Waals surface area contributed by atoms with Crippen LogP contribution in [0.25, 0.3) is 0 Å². The van der Waals surface area contributed by atoms with Crippen molar-refractivity contribution in [3.63, 3.8) is 0 Å². The van der Waals surface area contributed by atoms with Gasteiger partial charge in [0.05, 0.1) is 9.75 Å². The molecule has 2 rings (SSSR count). The molecule has 0 atom stereocenters. The summed E-state index contributed by atoms with van der Waals surface area (Å²) in [4.78, 5) is 22.0. The maximum Gasteiger partial charge on any atom is 0.169 e. The largest absolute Gasteiger partial charge is 0.297 e. The standard InChI is InChI=1S/C6H6OS.C5H4OS/c1-5(7)6-3-2-4-8-6;6-4-5-2-1-3-7-5/h2-4H,1H3;1-4H. The highest BCUT2D eigenvalue weighted by atomic mass is 32.1. The smallest absolute Gasteiger partial charge is 0.169 e. The number of Topliss-reactive ketones (excluding diaryl/α,β-unsaturated/α-hetero) is 1. The summed E-state index contributed by atoms with van der Waals surface area (Å²) in [5.41, 5.74) is 0. The summed E-state index contributed by atoms with van der Waals surface area (Å²) in [5.74, 6) is 0.153. The van der Waals surface area contributed by atoms with Gasteiger partial charge in [-0.1, -0.05) is 12.1 Å². The molecule has 0 aliphatic carbocycles. The van der Waals surface area contributed by atoms with Gasteiger partial charge in [0.15, 0.2) is 12.1 Å². The Morgan fingerprint density at radius 2 is 1.87 bits per heavy atom. The molecule has 0 saturated carbocycles. The SMILES string of the molecule is CC(=O)c1cccs1.O=Cc1cccs1. The van der Waals surface area contributed by atoms with Gasteiger partial charge in [-0.2, -0.15) is 0 Å². The highest BCUT2D eigenvalue weighted by Gasteiger charge is 1.95. The molecule has 0 fully saturated rings. The monoisotopic (exact) mass is 238 g/mol. The summed E-state index contributed by atoms with van der Waals surface area (Å²) in [6.45, 7) is 1.58. The molecule has 0 saturated heterocycles. The van der Waals surface area contributed by atoms with Crippen LogP contribution in [-0.4, -0.2) is 12.1 Å². The molecule has 0 radical (unpaired) electrons. The number of ketones is 1. The van der Waals surface area contributed by atoms with Crippen molar-refractivity contribution in [2.75, 3.05) is 0 Å². The lowest BCUT2D eigenvalue weighted by molar-refractivity contribution is 0.102. The zero-order chi connectivity index (χ0) is 11.1. The number of carbonyl (C=O) groups excluding carboxylic acids is 2. The molecule has 2 nitrogen and oxygen atoms in total. The summed E-state index contributed by atoms with van der Waals surface area (Å²) in [7, 11) is 0. The average molecular weight is 238 g/mol. The van der Waals surface area contributed by atoms with E-state index in [4.69, 9.17) is 0 Å². The van der Waals surface area contributed by atoms with E-state index in [1.807, 2.05) is 29.0 Å². The van der Waals surface area contributed by atoms with Crippen molar-refractivity contribution in [1.29, 1.82) is 0 Å². The van der Waals surface area contributed by atoms with Crippen LogP contribution in [0.15, 0.2) is 35.0 Å². The molecule has 0 aliphatic heterocycles. The second-order valence-corrected chi connectivity index (χ2v) is 4.59. The van der Waals surface area contributed by atoms with E-state index in [1.165, 1.54) is 22.7 Å². The Morgan fingerprint density at radius 3 is 2.13 bits per heavy atom. The number of hydrogen-bond donors (Lipinski definition) is 0. The van der Waals surface area contributed by atoms with E-state index in [2.05, 4.69) is 0 Å². The molecule has 2 aromatic rings. The molecule has 0 N–H and O–H groups in total. The molecule has 0 spiro atoms. The summed E-state index contributed by atoms with van der Waals surface area (Å²) in [6.07, 6.45) is 0.852. The zero-order valence-corrected chi connectivity index (χ0v) is 9.81. The van der Waals surface area contributed by atoms with Gasteiger partial charge in [0.25, 0.3) is 0 Å². The topological polar surface area (TPSA) is 34.1 Å². The Labute approximate surface area is 96.2 Å². The van der Waals surface area contributed by atoms with Gasteiger partial charge in [-0.25, -0.2) is 0 Å². The summed E-state index contributed by atoms with van der Waals surface area (Å²) >= 11 is 2.94. The number of thiophene rings is 2. The first-order valence-electron chi connectivity index (χ1n) is 4.27. The Morgan fingerprint density at radius 1 is 1.20 bits per heavy atom. The van der Waals surface area contributed by atoms with E-state index in [-0.39, 0.29) is 5.78 Å². The van der Waals surface area contributed by atoms with Gasteiger partial charge in [-0.05, 0) is 29.8 Å². The molecule has 2 heterocycles. The van der Waals surface area contributed by atoms with Crippen LogP contribution < -0.4 is 0 Å². The second-order valence-electron chi connectivity index (χ2n) is 2.67. The van der Waals surface area contributed by atoms with Crippen LogP contribution in [0.5, 0.6) is 0 Å². The Hall–Kier alpha value is -1.26. The van der Waals surface area contributed by atoms with E-state index >= 15 is 0 Å². The van der Waals surface area contributed by atoms with Crippen molar-refractivity contribution in [2.45, 2.75) is 6.92 Å². The molecule has 0 aromatic carbocycles. The Bertz CT molecular complexity index is 402. The lowest BCUT2D eigenvalue weighted by atomic mass is 10.4. The lowest BCUT2D eigenvalue weighted by Crippen LogP contribution is -1.83. The van der Waals surface area contributed by atoms with Gasteiger partial charge in [-0.3, -0.25) is 9.59 Å². The first-order valence-corrected chi connectivity index (χ1v) is 6.03. The van der Waals surface area contributed by atoms with Gasteiger partial charge in [0, 0.05) is 0 Å². The maximum absolute atomic E-state index is 10.5. The summed E-state index contributed by atoms with van der Waals surface area (Å²) in [6, 6.07) is 7.35. The quantitative estimate of drug-likeness (QED) is 0.592. The molecule has 0 amide bonds. The second kappa shape index (κ2) is 6.27. The number of carbonyl (C=O) groups is 2. The molecule has 0 aliphatic rings. The van der Waals surface area contributed by atoms with Gasteiger partial charge < -0.3 is 0 Å². The van der Waals surface area contributed by atoms with Crippen molar-refractivity contribution in [2.24, 2.45) is 0 Å². The van der Waals surface area contributed by atoms with Crippen molar-refractivity contribution in [3.05, 3.63) is 44.8 Å². The van der Waals surface area contributed by atoms with E-state index < -0.39 is 0 Å². The molecule has 0 unspecified atom stereocenters. The third kappa shape index (κ3) is 4.18. The van der Waals surface area contributed by atoms with Crippen LogP contribution in [0.4, 0.5) is 0 Å². The fraction of sp³-hybridized carbons (Fsp3) is 0.0909. The highest BCUT2D eigenvalue weighted by Crippen LogP contribution is 2.07. The highest BCUT2D eigenvalue weighted by molar-refractivity contribution is 7.12. The minimum atomic E-state index is 0.153. The Balaban J connectivity index is 0.000000151. The van der Waals surface area contributed by atoms with Crippen LogP contribution in [0, 0.1) is 0 Å². The van der Waals surface area contributed by atoms with Crippen molar-refractivity contribution < 1.29 is 9.59 Å². The minimum Gasteiger partial charge on any atom is -0.297 e. The van der Waals surface area contributed by atoms with E-state index in [1.54, 1.807) is 13.0 Å². The van der Waals surface area contributed by atoms with Crippen LogP contribution >= 0.6 is 22.7 Å². The van der Waals surface area contributed by atoms with E-state index in [0.717, 1.165) is 16.0 Å². The first kappa shape index (κ1) is 11.8. The lowest BCUT2D eigenvalue weighted by Gasteiger charge is -1.79. The number of hydrogen-bond acceptors (Lipinski definition) is 4. The third-order valence-corrected chi connectivity index (χ3v) is 3.30. The predicted molar refractivity (Wildman–Crippen MR) is 64.0 cm³/mol. The van der Waals surface area contributed by atoms with Crippen molar-refractivity contribution >= 4 is 34.7 Å². The predicted octanol–water partition coefficient (Wildman–Crippen LogP) is 3.51. The molecular weight excluding hydrogens is 228 g/mol. The van der Waals surface area contributed by atoms with Gasteiger partial charge in [0.1, 0.15) is 0 Å². The minimum absolute atomic E-state index is 0.153. The van der Waals surface area contributed by atoms with Crippen LogP contribution in [-0.2, 0) is 0 Å². The fourth-order valence-electron chi connectivity index (χ4n) is 0.837. The average Bonchev–Trinajstić information content (AvgIpc) is 2.92. The molecule has 0 bridgehead atoms. The normalized spacial score (nSPS) is 8.87. The molecule has 78 valence electrons. The van der Waals surface area contributed by atoms with Gasteiger partial charge in [-0.15, -0.1) is 22.7 Å². The van der Waals surface area contributed by atoms with Crippen LogP contribution in [0.2, 0.25) is 0 Å². The summed E-state index contributed by atoms with van der Waals surface area (Å²) < 4.78 is 0. The van der Waals surface area contributed by atoms with E-state index in [9.17, 15) is 9.59 Å².